The number of hydrogen-bond acceptors (Lipinski definition) is 3. The van der Waals surface area contributed by atoms with Crippen LogP contribution in [-0.2, 0) is 10.0 Å². The first kappa shape index (κ1) is 13.3. The van der Waals surface area contributed by atoms with Crippen LogP contribution in [0.1, 0.15) is 13.8 Å². The van der Waals surface area contributed by atoms with E-state index in [1.807, 2.05) is 13.8 Å². The number of rotatable bonds is 5. The van der Waals surface area contributed by atoms with E-state index in [2.05, 4.69) is 20.7 Å². The van der Waals surface area contributed by atoms with E-state index in [9.17, 15) is 8.42 Å². The number of alkyl halides is 1. The van der Waals surface area contributed by atoms with Gasteiger partial charge in [0.1, 0.15) is 10.4 Å². The Morgan fingerprint density at radius 1 is 1.31 bits per heavy atom. The van der Waals surface area contributed by atoms with Gasteiger partial charge in [-0.05, 0) is 38.1 Å². The number of hydrogen-bond donors (Lipinski definition) is 1. The summed E-state index contributed by atoms with van der Waals surface area (Å²) >= 11 is 2.90. The summed E-state index contributed by atoms with van der Waals surface area (Å²) in [6, 6.07) is 6.79. The van der Waals surface area contributed by atoms with Gasteiger partial charge in [-0.3, -0.25) is 4.72 Å². The fourth-order valence-corrected chi connectivity index (χ4v) is 1.97. The first-order chi connectivity index (χ1) is 7.43. The molecule has 0 fully saturated rings. The summed E-state index contributed by atoms with van der Waals surface area (Å²) in [5.41, 5.74) is 0.524. The Balaban J connectivity index is 2.72. The normalized spacial score (nSPS) is 11.5. The summed E-state index contributed by atoms with van der Waals surface area (Å²) in [5.74, 6) is 0.719. The molecule has 1 rings (SSSR count). The average Bonchev–Trinajstić information content (AvgIpc) is 2.20. The van der Waals surface area contributed by atoms with Crippen LogP contribution >= 0.6 is 15.9 Å². The van der Waals surface area contributed by atoms with Crippen LogP contribution in [0.3, 0.4) is 0 Å². The third-order valence-corrected chi connectivity index (χ3v) is 4.29. The molecule has 0 radical (unpaired) electrons. The maximum Gasteiger partial charge on any atom is 0.242 e. The number of ether oxygens (including phenoxy) is 1. The number of sulfonamides is 1. The molecule has 0 aliphatic heterocycles. The van der Waals surface area contributed by atoms with Crippen LogP contribution in [0.4, 0.5) is 5.69 Å². The van der Waals surface area contributed by atoms with Crippen molar-refractivity contribution < 1.29 is 13.2 Å². The zero-order valence-corrected chi connectivity index (χ0v) is 11.5. The number of halogens is 1. The predicted octanol–water partition coefficient (Wildman–Crippen LogP) is 2.57. The highest BCUT2D eigenvalue weighted by Crippen LogP contribution is 2.18. The minimum atomic E-state index is -3.28. The molecule has 0 atom stereocenters. The Morgan fingerprint density at radius 2 is 1.88 bits per heavy atom. The average molecular weight is 308 g/mol. The Bertz CT molecular complexity index is 428. The van der Waals surface area contributed by atoms with Crippen LogP contribution in [0.2, 0.25) is 0 Å². The van der Waals surface area contributed by atoms with Gasteiger partial charge in [-0.25, -0.2) is 8.42 Å². The molecule has 0 heterocycles. The molecule has 0 bridgehead atoms. The van der Waals surface area contributed by atoms with Crippen LogP contribution in [0.15, 0.2) is 24.3 Å². The van der Waals surface area contributed by atoms with Crippen LogP contribution in [0, 0.1) is 0 Å². The molecule has 0 aromatic heterocycles. The summed E-state index contributed by atoms with van der Waals surface area (Å²) in [5, 5.41) is 0. The number of nitrogens with one attached hydrogen (secondary N) is 1. The molecule has 90 valence electrons. The van der Waals surface area contributed by atoms with Gasteiger partial charge >= 0.3 is 0 Å². The molecule has 0 unspecified atom stereocenters. The summed E-state index contributed by atoms with van der Waals surface area (Å²) in [6.45, 7) is 3.86. The molecule has 1 aromatic rings. The quantitative estimate of drug-likeness (QED) is 0.851. The summed E-state index contributed by atoms with van der Waals surface area (Å²) in [4.78, 5) is 0. The van der Waals surface area contributed by atoms with Crippen LogP contribution in [-0.4, -0.2) is 19.2 Å². The highest BCUT2D eigenvalue weighted by molar-refractivity contribution is 9.10. The lowest BCUT2D eigenvalue weighted by Crippen LogP contribution is -2.13. The maximum absolute atomic E-state index is 11.2. The first-order valence-electron chi connectivity index (χ1n) is 4.76. The minimum Gasteiger partial charge on any atom is -0.491 e. The van der Waals surface area contributed by atoms with Crippen LogP contribution in [0.25, 0.3) is 0 Å². The third kappa shape index (κ3) is 4.40. The summed E-state index contributed by atoms with van der Waals surface area (Å²) in [6.07, 6.45) is 0.102. The van der Waals surface area contributed by atoms with Gasteiger partial charge in [-0.1, -0.05) is 15.9 Å². The van der Waals surface area contributed by atoms with Crippen LogP contribution < -0.4 is 9.46 Å². The lowest BCUT2D eigenvalue weighted by molar-refractivity contribution is 0.242. The fourth-order valence-electron chi connectivity index (χ4n) is 1.08. The van der Waals surface area contributed by atoms with E-state index < -0.39 is 10.0 Å². The van der Waals surface area contributed by atoms with Crippen molar-refractivity contribution in [1.82, 2.24) is 0 Å². The van der Waals surface area contributed by atoms with Crippen molar-refractivity contribution >= 4 is 31.6 Å². The molecule has 4 nitrogen and oxygen atoms in total. The van der Waals surface area contributed by atoms with Crippen molar-refractivity contribution in [1.29, 1.82) is 0 Å². The highest BCUT2D eigenvalue weighted by atomic mass is 79.9. The molecule has 0 spiro atoms. The van der Waals surface area contributed by atoms with Gasteiger partial charge in [0.05, 0.1) is 6.10 Å². The van der Waals surface area contributed by atoms with Crippen LogP contribution in [0.5, 0.6) is 5.75 Å². The molecule has 0 saturated carbocycles. The molecule has 1 N–H and O–H groups in total. The van der Waals surface area contributed by atoms with E-state index in [0.717, 1.165) is 5.75 Å². The Kier molecular flexibility index (Phi) is 4.61. The second kappa shape index (κ2) is 5.54. The number of benzene rings is 1. The van der Waals surface area contributed by atoms with E-state index in [4.69, 9.17) is 4.74 Å². The summed E-state index contributed by atoms with van der Waals surface area (Å²) in [7, 11) is -3.28. The molecule has 6 heteroatoms. The van der Waals surface area contributed by atoms with Crippen molar-refractivity contribution in [2.75, 3.05) is 9.38 Å². The van der Waals surface area contributed by atoms with Crippen molar-refractivity contribution in [2.45, 2.75) is 20.0 Å². The lowest BCUT2D eigenvalue weighted by atomic mass is 10.3. The van der Waals surface area contributed by atoms with Gasteiger partial charge in [0.15, 0.2) is 0 Å². The molecule has 0 aliphatic rings. The van der Waals surface area contributed by atoms with Gasteiger partial charge in [0, 0.05) is 5.69 Å². The van der Waals surface area contributed by atoms with Gasteiger partial charge < -0.3 is 4.74 Å². The molecular formula is C10H14BrNO3S. The zero-order chi connectivity index (χ0) is 12.2. The Labute approximate surface area is 104 Å². The second-order valence-corrected chi connectivity index (χ2v) is 6.54. The van der Waals surface area contributed by atoms with Gasteiger partial charge in [-0.2, -0.15) is 0 Å². The van der Waals surface area contributed by atoms with Gasteiger partial charge in [0.25, 0.3) is 0 Å². The lowest BCUT2D eigenvalue weighted by Gasteiger charge is -2.10. The monoisotopic (exact) mass is 307 g/mol. The van der Waals surface area contributed by atoms with Crippen molar-refractivity contribution in [2.24, 2.45) is 0 Å². The Hall–Kier alpha value is -0.750. The fraction of sp³-hybridized carbons (Fsp3) is 0.400. The molecule has 1 aromatic carbocycles. The smallest absolute Gasteiger partial charge is 0.242 e. The van der Waals surface area contributed by atoms with E-state index in [0.29, 0.717) is 5.69 Å². The van der Waals surface area contributed by atoms with Gasteiger partial charge in [0.2, 0.25) is 10.0 Å². The third-order valence-electron chi connectivity index (χ3n) is 1.64. The van der Waals surface area contributed by atoms with E-state index in [1.54, 1.807) is 24.3 Å². The Morgan fingerprint density at radius 3 is 2.31 bits per heavy atom. The second-order valence-electron chi connectivity index (χ2n) is 3.52. The number of anilines is 1. The SMILES string of the molecule is CC(C)Oc1ccc(NS(=O)(=O)CBr)cc1. The maximum atomic E-state index is 11.2. The topological polar surface area (TPSA) is 55.4 Å². The standard InChI is InChI=1S/C10H14BrNO3S/c1-8(2)15-10-5-3-9(4-6-10)12-16(13,14)7-11/h3-6,8,12H,7H2,1-2H3. The van der Waals surface area contributed by atoms with E-state index in [-0.39, 0.29) is 10.8 Å². The molecular weight excluding hydrogens is 294 g/mol. The molecule has 0 amide bonds. The van der Waals surface area contributed by atoms with E-state index in [1.165, 1.54) is 0 Å². The summed E-state index contributed by atoms with van der Waals surface area (Å²) < 4.78 is 30.2. The van der Waals surface area contributed by atoms with Crippen molar-refractivity contribution in [3.8, 4) is 5.75 Å². The van der Waals surface area contributed by atoms with Crippen molar-refractivity contribution in [3.05, 3.63) is 24.3 Å². The minimum absolute atomic E-state index is 0.102. The molecule has 16 heavy (non-hydrogen) atoms. The largest absolute Gasteiger partial charge is 0.491 e. The molecule has 0 aliphatic carbocycles. The zero-order valence-electron chi connectivity index (χ0n) is 9.10. The highest BCUT2D eigenvalue weighted by Gasteiger charge is 2.07. The van der Waals surface area contributed by atoms with Gasteiger partial charge in [-0.15, -0.1) is 0 Å². The van der Waals surface area contributed by atoms with Crippen molar-refractivity contribution in [3.63, 3.8) is 0 Å². The predicted molar refractivity (Wildman–Crippen MR) is 68.5 cm³/mol. The van der Waals surface area contributed by atoms with E-state index >= 15 is 0 Å². The first-order valence-corrected chi connectivity index (χ1v) is 7.53. The molecule has 0 saturated heterocycles.